The van der Waals surface area contributed by atoms with Crippen LogP contribution in [-0.2, 0) is 32.5 Å². The fourth-order valence-electron chi connectivity index (χ4n) is 1.56. The van der Waals surface area contributed by atoms with Crippen LogP contribution in [0.25, 0.3) is 11.3 Å². The van der Waals surface area contributed by atoms with Gasteiger partial charge in [-0.15, -0.1) is 0 Å². The van der Waals surface area contributed by atoms with Gasteiger partial charge >= 0.3 is 112 Å². The van der Waals surface area contributed by atoms with E-state index in [-0.39, 0.29) is 5.97 Å². The molecule has 0 fully saturated rings. The van der Waals surface area contributed by atoms with Crippen molar-refractivity contribution in [3.8, 4) is 11.3 Å². The zero-order chi connectivity index (χ0) is 12.3. The van der Waals surface area contributed by atoms with Gasteiger partial charge in [-0.1, -0.05) is 0 Å². The van der Waals surface area contributed by atoms with Crippen molar-refractivity contribution in [2.24, 2.45) is 0 Å². The van der Waals surface area contributed by atoms with Crippen LogP contribution in [0.3, 0.4) is 0 Å². The molecule has 0 spiro atoms. The normalized spacial score (nSPS) is 9.76. The molecule has 1 aromatic carbocycles. The number of benzene rings is 1. The number of hydrogen-bond donors (Lipinski definition) is 0. The molecular formula is C12H11HgNO3. The van der Waals surface area contributed by atoms with Gasteiger partial charge in [0.1, 0.15) is 0 Å². The predicted molar refractivity (Wildman–Crippen MR) is 58.1 cm³/mol. The SMILES string of the molecule is CC(=O)[O][Hg][c]1oc(C)nc1-c1ccccc1. The summed E-state index contributed by atoms with van der Waals surface area (Å²) in [6.07, 6.45) is 0. The van der Waals surface area contributed by atoms with Gasteiger partial charge < -0.3 is 0 Å². The van der Waals surface area contributed by atoms with Crippen LogP contribution in [0.1, 0.15) is 12.8 Å². The minimum atomic E-state index is -1.97. The molecule has 0 radical (unpaired) electrons. The molecule has 0 aliphatic rings. The topological polar surface area (TPSA) is 52.3 Å². The molecule has 0 amide bonds. The molecule has 0 atom stereocenters. The van der Waals surface area contributed by atoms with Gasteiger partial charge in [0.25, 0.3) is 0 Å². The maximum atomic E-state index is 10.8. The summed E-state index contributed by atoms with van der Waals surface area (Å²) in [5.74, 6) is 0.380. The van der Waals surface area contributed by atoms with Crippen LogP contribution in [0.2, 0.25) is 0 Å². The van der Waals surface area contributed by atoms with Crippen LogP contribution in [0.5, 0.6) is 0 Å². The third-order valence-corrected chi connectivity index (χ3v) is 7.28. The van der Waals surface area contributed by atoms with Crippen molar-refractivity contribution >= 4 is 9.24 Å². The number of hydrogen-bond acceptors (Lipinski definition) is 4. The van der Waals surface area contributed by atoms with E-state index < -0.39 is 25.0 Å². The molecule has 0 aliphatic heterocycles. The van der Waals surface area contributed by atoms with Crippen molar-refractivity contribution < 1.29 is 36.9 Å². The van der Waals surface area contributed by atoms with E-state index in [2.05, 4.69) is 4.98 Å². The van der Waals surface area contributed by atoms with Crippen LogP contribution < -0.4 is 3.27 Å². The van der Waals surface area contributed by atoms with Gasteiger partial charge in [-0.3, -0.25) is 0 Å². The Labute approximate surface area is 112 Å². The zero-order valence-corrected chi connectivity index (χ0v) is 15.3. The summed E-state index contributed by atoms with van der Waals surface area (Å²) < 4.78 is 11.5. The Morgan fingerprint density at radius 3 is 2.71 bits per heavy atom. The van der Waals surface area contributed by atoms with Gasteiger partial charge in [0.15, 0.2) is 0 Å². The molecule has 0 saturated heterocycles. The predicted octanol–water partition coefficient (Wildman–Crippen LogP) is 1.84. The minimum absolute atomic E-state index is 0.236. The molecule has 4 nitrogen and oxygen atoms in total. The fraction of sp³-hybridized carbons (Fsp3) is 0.167. The van der Waals surface area contributed by atoms with E-state index in [9.17, 15) is 4.79 Å². The number of oxazole rings is 1. The second kappa shape index (κ2) is 5.45. The first kappa shape index (κ1) is 12.3. The number of aryl methyl sites for hydroxylation is 1. The van der Waals surface area contributed by atoms with Crippen molar-refractivity contribution in [1.29, 1.82) is 0 Å². The quantitative estimate of drug-likeness (QED) is 0.715. The number of carbonyl (C=O) groups excluding carboxylic acids is 1. The molecule has 0 bridgehead atoms. The molecule has 5 heteroatoms. The zero-order valence-electron chi connectivity index (χ0n) is 9.77. The number of nitrogens with zero attached hydrogens (tertiary/aromatic N) is 1. The second-order valence-electron chi connectivity index (χ2n) is 3.65. The van der Waals surface area contributed by atoms with Crippen molar-refractivity contribution in [2.45, 2.75) is 13.8 Å². The van der Waals surface area contributed by atoms with E-state index in [1.807, 2.05) is 30.3 Å². The molecule has 0 aliphatic carbocycles. The average molecular weight is 418 g/mol. The molecule has 2 aromatic rings. The third kappa shape index (κ3) is 3.15. The summed E-state index contributed by atoms with van der Waals surface area (Å²) in [7, 11) is 0. The van der Waals surface area contributed by atoms with Crippen LogP contribution in [-0.4, -0.2) is 11.0 Å². The summed E-state index contributed by atoms with van der Waals surface area (Å²) >= 11 is -1.97. The van der Waals surface area contributed by atoms with Crippen molar-refractivity contribution in [3.63, 3.8) is 0 Å². The Morgan fingerprint density at radius 1 is 1.35 bits per heavy atom. The molecule has 0 N–H and O–H groups in total. The molecule has 17 heavy (non-hydrogen) atoms. The first-order chi connectivity index (χ1) is 8.16. The van der Waals surface area contributed by atoms with E-state index in [0.717, 1.165) is 14.5 Å². The van der Waals surface area contributed by atoms with Gasteiger partial charge in [-0.25, -0.2) is 0 Å². The van der Waals surface area contributed by atoms with E-state index in [4.69, 9.17) is 7.06 Å². The van der Waals surface area contributed by atoms with Gasteiger partial charge in [0.05, 0.1) is 0 Å². The summed E-state index contributed by atoms with van der Waals surface area (Å²) in [5.41, 5.74) is 1.83. The van der Waals surface area contributed by atoms with Crippen LogP contribution in [0.4, 0.5) is 0 Å². The van der Waals surface area contributed by atoms with E-state index in [1.165, 1.54) is 6.92 Å². The monoisotopic (exact) mass is 419 g/mol. The van der Waals surface area contributed by atoms with E-state index in [0.29, 0.717) is 5.89 Å². The van der Waals surface area contributed by atoms with Crippen LogP contribution in [0, 0.1) is 6.92 Å². The molecular weight excluding hydrogens is 407 g/mol. The molecule has 0 saturated carbocycles. The van der Waals surface area contributed by atoms with E-state index >= 15 is 0 Å². The van der Waals surface area contributed by atoms with Gasteiger partial charge in [0, 0.05) is 0 Å². The van der Waals surface area contributed by atoms with E-state index in [1.54, 1.807) is 6.92 Å². The Hall–Kier alpha value is -1.16. The number of rotatable bonds is 3. The van der Waals surface area contributed by atoms with Gasteiger partial charge in [-0.2, -0.15) is 0 Å². The first-order valence-electron chi connectivity index (χ1n) is 5.32. The Morgan fingerprint density at radius 2 is 2.06 bits per heavy atom. The first-order valence-corrected chi connectivity index (χ1v) is 10.3. The maximum absolute atomic E-state index is 10.8. The summed E-state index contributed by atoms with van der Waals surface area (Å²) in [6, 6.07) is 9.80. The van der Waals surface area contributed by atoms with Crippen LogP contribution >= 0.6 is 0 Å². The van der Waals surface area contributed by atoms with Crippen molar-refractivity contribution in [3.05, 3.63) is 36.2 Å². The number of carbonyl (C=O) groups is 1. The molecule has 0 unspecified atom stereocenters. The summed E-state index contributed by atoms with van der Waals surface area (Å²) in [6.45, 7) is 3.23. The average Bonchev–Trinajstić information content (AvgIpc) is 2.69. The Kier molecular flexibility index (Phi) is 3.94. The third-order valence-electron chi connectivity index (χ3n) is 2.26. The second-order valence-corrected chi connectivity index (χ2v) is 8.39. The van der Waals surface area contributed by atoms with Crippen LogP contribution in [0.15, 0.2) is 34.7 Å². The van der Waals surface area contributed by atoms with Gasteiger partial charge in [-0.05, 0) is 0 Å². The number of aromatic nitrogens is 1. The molecule has 2 rings (SSSR count). The van der Waals surface area contributed by atoms with Crippen molar-refractivity contribution in [1.82, 2.24) is 4.98 Å². The van der Waals surface area contributed by atoms with Gasteiger partial charge in [0.2, 0.25) is 0 Å². The van der Waals surface area contributed by atoms with Crippen molar-refractivity contribution in [2.75, 3.05) is 0 Å². The molecule has 84 valence electrons. The molecule has 1 aromatic heterocycles. The summed E-state index contributed by atoms with van der Waals surface area (Å²) in [4.78, 5) is 15.2. The molecule has 1 heterocycles. The Balaban J connectivity index is 2.31. The Bertz CT molecular complexity index is 522. The fourth-order valence-corrected chi connectivity index (χ4v) is 5.53. The summed E-state index contributed by atoms with van der Waals surface area (Å²) in [5, 5.41) is 0. The standard InChI is InChI=1S/C10H8NO.C2H4O2.Hg/c1-8-11-10(7-12-8)9-5-3-2-4-6-9;1-2(3)4;/h2-6H,1H3;1H3,(H,3,4);/q;;+1/p-1.